The largest absolute Gasteiger partial charge is 0.505 e. The molecule has 1 heterocycles. The van der Waals surface area contributed by atoms with Crippen LogP contribution in [0.4, 0.5) is 17.1 Å². The second-order valence-corrected chi connectivity index (χ2v) is 9.01. The lowest BCUT2D eigenvalue weighted by Gasteiger charge is -2.18. The van der Waals surface area contributed by atoms with Gasteiger partial charge < -0.3 is 20.6 Å². The average Bonchev–Trinajstić information content (AvgIpc) is 2.81. The standard InChI is InChI=1S/C22H25N5O4.C4H10/c1-25(2)20(29)15-11-8-12-16(19(15)28)24-18-17(21(30)26(3)27(4)22(18)31)23-13-14-9-6-5-7-10-14;1-4(2)3/h5-12,23-24,28H,13H2,1-4H3;4H,1-3H3. The Morgan fingerprint density at radius 2 is 1.46 bits per heavy atom. The van der Waals surface area contributed by atoms with Crippen molar-refractivity contribution in [3.8, 4) is 5.75 Å². The van der Waals surface area contributed by atoms with E-state index in [1.165, 1.54) is 40.5 Å². The van der Waals surface area contributed by atoms with Gasteiger partial charge in [0.1, 0.15) is 11.4 Å². The van der Waals surface area contributed by atoms with Crippen molar-refractivity contribution in [1.29, 1.82) is 0 Å². The van der Waals surface area contributed by atoms with Crippen LogP contribution in [0.2, 0.25) is 0 Å². The number of nitrogens with one attached hydrogen (secondary N) is 2. The smallest absolute Gasteiger partial charge is 0.290 e. The van der Waals surface area contributed by atoms with Gasteiger partial charge in [-0.1, -0.05) is 57.2 Å². The molecule has 0 radical (unpaired) electrons. The van der Waals surface area contributed by atoms with Gasteiger partial charge in [-0.15, -0.1) is 0 Å². The van der Waals surface area contributed by atoms with E-state index in [4.69, 9.17) is 0 Å². The predicted octanol–water partition coefficient (Wildman–Crippen LogP) is 3.51. The molecular formula is C26H35N5O4. The normalized spacial score (nSPS) is 10.4. The van der Waals surface area contributed by atoms with E-state index in [2.05, 4.69) is 31.4 Å². The third kappa shape index (κ3) is 6.75. The molecule has 0 saturated heterocycles. The molecule has 0 bridgehead atoms. The van der Waals surface area contributed by atoms with Crippen molar-refractivity contribution < 1.29 is 9.90 Å². The fraction of sp³-hybridized carbons (Fsp3) is 0.346. The molecule has 2 aromatic carbocycles. The molecule has 9 nitrogen and oxygen atoms in total. The van der Waals surface area contributed by atoms with E-state index in [9.17, 15) is 19.5 Å². The van der Waals surface area contributed by atoms with E-state index in [1.807, 2.05) is 30.3 Å². The number of aromatic hydroxyl groups is 1. The molecule has 9 heteroatoms. The van der Waals surface area contributed by atoms with Crippen molar-refractivity contribution in [2.24, 2.45) is 20.0 Å². The Labute approximate surface area is 205 Å². The van der Waals surface area contributed by atoms with Gasteiger partial charge in [-0.2, -0.15) is 0 Å². The van der Waals surface area contributed by atoms with E-state index >= 15 is 0 Å². The average molecular weight is 482 g/mol. The maximum absolute atomic E-state index is 13.0. The first kappa shape index (κ1) is 27.2. The molecule has 1 amide bonds. The van der Waals surface area contributed by atoms with Gasteiger partial charge in [0.25, 0.3) is 17.0 Å². The Bertz CT molecular complexity index is 1270. The number of phenolic OH excluding ortho intramolecular Hbond substituents is 1. The van der Waals surface area contributed by atoms with Crippen molar-refractivity contribution in [2.75, 3.05) is 24.7 Å². The zero-order valence-electron chi connectivity index (χ0n) is 21.4. The number of rotatable bonds is 6. The molecule has 0 saturated carbocycles. The van der Waals surface area contributed by atoms with Crippen LogP contribution in [0, 0.1) is 5.92 Å². The molecule has 1 aromatic heterocycles. The lowest BCUT2D eigenvalue weighted by molar-refractivity contribution is 0.0824. The number of nitrogens with zero attached hydrogens (tertiary/aromatic N) is 3. The summed E-state index contributed by atoms with van der Waals surface area (Å²) in [7, 11) is 6.12. The highest BCUT2D eigenvalue weighted by atomic mass is 16.3. The van der Waals surface area contributed by atoms with E-state index in [0.29, 0.717) is 6.54 Å². The summed E-state index contributed by atoms with van der Waals surface area (Å²) in [6.07, 6.45) is 0. The molecule has 0 atom stereocenters. The minimum Gasteiger partial charge on any atom is -0.505 e. The van der Waals surface area contributed by atoms with E-state index < -0.39 is 11.1 Å². The second kappa shape index (κ2) is 11.9. The lowest BCUT2D eigenvalue weighted by Crippen LogP contribution is -2.38. The van der Waals surface area contributed by atoms with Crippen molar-refractivity contribution >= 4 is 23.0 Å². The number of amides is 1. The summed E-state index contributed by atoms with van der Waals surface area (Å²) in [5, 5.41) is 16.5. The van der Waals surface area contributed by atoms with Crippen LogP contribution in [0.1, 0.15) is 36.7 Å². The van der Waals surface area contributed by atoms with Crippen LogP contribution >= 0.6 is 0 Å². The Morgan fingerprint density at radius 3 is 2.00 bits per heavy atom. The third-order valence-electron chi connectivity index (χ3n) is 4.96. The lowest BCUT2D eigenvalue weighted by atomic mass is 10.1. The molecule has 0 fully saturated rings. The Morgan fingerprint density at radius 1 is 0.914 bits per heavy atom. The van der Waals surface area contributed by atoms with Crippen LogP contribution in [0.25, 0.3) is 0 Å². The Kier molecular flexibility index (Phi) is 9.27. The van der Waals surface area contributed by atoms with Crippen molar-refractivity contribution in [3.05, 3.63) is 80.4 Å². The maximum Gasteiger partial charge on any atom is 0.290 e. The van der Waals surface area contributed by atoms with Gasteiger partial charge in [0.15, 0.2) is 5.75 Å². The third-order valence-corrected chi connectivity index (χ3v) is 4.96. The number of phenols is 1. The number of anilines is 3. The summed E-state index contributed by atoms with van der Waals surface area (Å²) >= 11 is 0. The fourth-order valence-electron chi connectivity index (χ4n) is 3.07. The van der Waals surface area contributed by atoms with Gasteiger partial charge in [-0.3, -0.25) is 14.4 Å². The number of carbonyl (C=O) groups excluding carboxylic acids is 1. The molecule has 3 N–H and O–H groups in total. The molecule has 0 aliphatic carbocycles. The molecule has 188 valence electrons. The molecule has 35 heavy (non-hydrogen) atoms. The Balaban J connectivity index is 0.00000100. The van der Waals surface area contributed by atoms with Crippen molar-refractivity contribution in [3.63, 3.8) is 0 Å². The first-order valence-corrected chi connectivity index (χ1v) is 11.3. The van der Waals surface area contributed by atoms with Gasteiger partial charge in [-0.25, -0.2) is 9.36 Å². The zero-order chi connectivity index (χ0) is 26.3. The van der Waals surface area contributed by atoms with Gasteiger partial charge in [-0.05, 0) is 23.6 Å². The topological polar surface area (TPSA) is 109 Å². The number of aromatic nitrogens is 2. The molecule has 0 aliphatic heterocycles. The van der Waals surface area contributed by atoms with Gasteiger partial charge in [0, 0.05) is 34.7 Å². The summed E-state index contributed by atoms with van der Waals surface area (Å²) < 4.78 is 2.37. The predicted molar refractivity (Wildman–Crippen MR) is 141 cm³/mol. The first-order valence-electron chi connectivity index (χ1n) is 11.3. The second-order valence-electron chi connectivity index (χ2n) is 9.01. The highest BCUT2D eigenvalue weighted by Crippen LogP contribution is 2.31. The van der Waals surface area contributed by atoms with Gasteiger partial charge in [0.05, 0.1) is 11.3 Å². The number of hydrogen-bond donors (Lipinski definition) is 3. The number of carbonyl (C=O) groups is 1. The summed E-state index contributed by atoms with van der Waals surface area (Å²) in [6, 6.07) is 14.0. The fourth-order valence-corrected chi connectivity index (χ4v) is 3.07. The van der Waals surface area contributed by atoms with E-state index in [-0.39, 0.29) is 34.3 Å². The minimum absolute atomic E-state index is 0.0220. The van der Waals surface area contributed by atoms with Crippen LogP contribution in [0.3, 0.4) is 0 Å². The quantitative estimate of drug-likeness (QED) is 0.465. The number of benzene rings is 2. The molecule has 0 unspecified atom stereocenters. The summed E-state index contributed by atoms with van der Waals surface area (Å²) in [5.74, 6) is 0.137. The molecular weight excluding hydrogens is 446 g/mol. The van der Waals surface area contributed by atoms with Gasteiger partial charge in [0.2, 0.25) is 0 Å². The zero-order valence-corrected chi connectivity index (χ0v) is 21.4. The maximum atomic E-state index is 13.0. The Hall–Kier alpha value is -4.01. The van der Waals surface area contributed by atoms with Gasteiger partial charge >= 0.3 is 0 Å². The van der Waals surface area contributed by atoms with Crippen LogP contribution in [0.5, 0.6) is 5.75 Å². The molecule has 3 aromatic rings. The monoisotopic (exact) mass is 481 g/mol. The van der Waals surface area contributed by atoms with Crippen LogP contribution < -0.4 is 21.8 Å². The SMILES string of the molecule is CC(C)C.CN(C)C(=O)c1cccc(Nc2c(NCc3ccccc3)c(=O)n(C)n(C)c2=O)c1O. The van der Waals surface area contributed by atoms with Crippen LogP contribution in [-0.2, 0) is 20.6 Å². The molecule has 3 rings (SSSR count). The first-order chi connectivity index (χ1) is 16.5. The molecule has 0 spiro atoms. The summed E-state index contributed by atoms with van der Waals surface area (Å²) in [5.41, 5.74) is 0.305. The highest BCUT2D eigenvalue weighted by molar-refractivity contribution is 5.98. The summed E-state index contributed by atoms with van der Waals surface area (Å²) in [4.78, 5) is 39.5. The minimum atomic E-state index is -0.471. The highest BCUT2D eigenvalue weighted by Gasteiger charge is 2.20. The summed E-state index contributed by atoms with van der Waals surface area (Å²) in [6.45, 7) is 6.82. The van der Waals surface area contributed by atoms with Crippen molar-refractivity contribution in [2.45, 2.75) is 27.3 Å². The number of hydrogen-bond acceptors (Lipinski definition) is 6. The van der Waals surface area contributed by atoms with Crippen molar-refractivity contribution in [1.82, 2.24) is 14.3 Å². The van der Waals surface area contributed by atoms with Crippen LogP contribution in [-0.4, -0.2) is 39.4 Å². The molecule has 0 aliphatic rings. The van der Waals surface area contributed by atoms with E-state index in [1.54, 1.807) is 20.2 Å². The van der Waals surface area contributed by atoms with E-state index in [0.717, 1.165) is 11.5 Å². The van der Waals surface area contributed by atoms with Crippen LogP contribution in [0.15, 0.2) is 58.1 Å². The number of para-hydroxylation sites is 1.